The smallest absolute Gasteiger partial charge is 0.125 e. The van der Waals surface area contributed by atoms with Gasteiger partial charge in [-0.25, -0.2) is 4.39 Å². The SMILES string of the molecule is CC1CC1NCc1cc(F)cc(Cl)c1. The molecule has 0 radical (unpaired) electrons. The predicted octanol–water partition coefficient (Wildman–Crippen LogP) is 2.98. The van der Waals surface area contributed by atoms with E-state index in [0.717, 1.165) is 11.5 Å². The van der Waals surface area contributed by atoms with E-state index in [9.17, 15) is 4.39 Å². The normalized spacial score (nSPS) is 25.1. The highest BCUT2D eigenvalue weighted by Gasteiger charge is 2.31. The Morgan fingerprint density at radius 2 is 2.21 bits per heavy atom. The molecule has 1 aliphatic carbocycles. The molecule has 1 N–H and O–H groups in total. The summed E-state index contributed by atoms with van der Waals surface area (Å²) < 4.78 is 12.9. The molecule has 0 spiro atoms. The molecule has 0 bridgehead atoms. The van der Waals surface area contributed by atoms with Crippen molar-refractivity contribution in [2.45, 2.75) is 25.9 Å². The van der Waals surface area contributed by atoms with Crippen molar-refractivity contribution in [2.24, 2.45) is 5.92 Å². The predicted molar refractivity (Wildman–Crippen MR) is 55.8 cm³/mol. The third-order valence-electron chi connectivity index (χ3n) is 2.60. The summed E-state index contributed by atoms with van der Waals surface area (Å²) >= 11 is 5.74. The first kappa shape index (κ1) is 9.94. The maximum Gasteiger partial charge on any atom is 0.125 e. The van der Waals surface area contributed by atoms with Gasteiger partial charge < -0.3 is 5.32 Å². The van der Waals surface area contributed by atoms with Crippen molar-refractivity contribution in [3.8, 4) is 0 Å². The Kier molecular flexibility index (Phi) is 2.75. The van der Waals surface area contributed by atoms with Crippen molar-refractivity contribution in [3.63, 3.8) is 0 Å². The van der Waals surface area contributed by atoms with Crippen LogP contribution in [-0.4, -0.2) is 6.04 Å². The van der Waals surface area contributed by atoms with Gasteiger partial charge >= 0.3 is 0 Å². The Bertz CT molecular complexity index is 320. The second-order valence-electron chi connectivity index (χ2n) is 3.98. The maximum absolute atomic E-state index is 12.9. The monoisotopic (exact) mass is 213 g/mol. The number of benzene rings is 1. The Hall–Kier alpha value is -0.600. The van der Waals surface area contributed by atoms with Gasteiger partial charge in [-0.15, -0.1) is 0 Å². The van der Waals surface area contributed by atoms with Crippen LogP contribution in [0.3, 0.4) is 0 Å². The largest absolute Gasteiger partial charge is 0.310 e. The summed E-state index contributed by atoms with van der Waals surface area (Å²) in [6.07, 6.45) is 1.23. The second kappa shape index (κ2) is 3.87. The van der Waals surface area contributed by atoms with Crippen molar-refractivity contribution in [1.29, 1.82) is 0 Å². The lowest BCUT2D eigenvalue weighted by molar-refractivity contribution is 0.615. The molecule has 0 amide bonds. The van der Waals surface area contributed by atoms with Crippen LogP contribution in [0.2, 0.25) is 5.02 Å². The van der Waals surface area contributed by atoms with E-state index >= 15 is 0 Å². The molecule has 0 saturated heterocycles. The lowest BCUT2D eigenvalue weighted by Crippen LogP contribution is -2.17. The molecule has 0 aliphatic heterocycles. The molecule has 1 fully saturated rings. The molecular formula is C11H13ClFN. The van der Waals surface area contributed by atoms with Crippen LogP contribution < -0.4 is 5.32 Å². The molecule has 1 saturated carbocycles. The third kappa shape index (κ3) is 2.46. The molecule has 2 rings (SSSR count). The van der Waals surface area contributed by atoms with Crippen LogP contribution in [0.25, 0.3) is 0 Å². The fourth-order valence-corrected chi connectivity index (χ4v) is 1.81. The second-order valence-corrected chi connectivity index (χ2v) is 4.41. The van der Waals surface area contributed by atoms with Crippen molar-refractivity contribution < 1.29 is 4.39 Å². The van der Waals surface area contributed by atoms with Crippen molar-refractivity contribution >= 4 is 11.6 Å². The quantitative estimate of drug-likeness (QED) is 0.814. The number of nitrogens with one attached hydrogen (secondary N) is 1. The van der Waals surface area contributed by atoms with Crippen LogP contribution in [-0.2, 0) is 6.54 Å². The fraction of sp³-hybridized carbons (Fsp3) is 0.455. The van der Waals surface area contributed by atoms with Crippen LogP contribution in [0.1, 0.15) is 18.9 Å². The van der Waals surface area contributed by atoms with Crippen LogP contribution in [0.4, 0.5) is 4.39 Å². The van der Waals surface area contributed by atoms with E-state index in [1.807, 2.05) is 0 Å². The molecule has 0 aromatic heterocycles. The average molecular weight is 214 g/mol. The first-order valence-electron chi connectivity index (χ1n) is 4.83. The summed E-state index contributed by atoms with van der Waals surface area (Å²) in [5, 5.41) is 3.82. The molecule has 1 nitrogen and oxygen atoms in total. The molecular weight excluding hydrogens is 201 g/mol. The zero-order valence-corrected chi connectivity index (χ0v) is 8.81. The molecule has 0 heterocycles. The lowest BCUT2D eigenvalue weighted by atomic mass is 10.2. The fourth-order valence-electron chi connectivity index (χ4n) is 1.57. The molecule has 2 unspecified atom stereocenters. The number of halogens is 2. The summed E-state index contributed by atoms with van der Waals surface area (Å²) in [4.78, 5) is 0. The van der Waals surface area contributed by atoms with E-state index in [2.05, 4.69) is 12.2 Å². The van der Waals surface area contributed by atoms with E-state index in [0.29, 0.717) is 17.6 Å². The van der Waals surface area contributed by atoms with Gasteiger partial charge in [0, 0.05) is 17.6 Å². The van der Waals surface area contributed by atoms with Gasteiger partial charge in [0.05, 0.1) is 0 Å². The van der Waals surface area contributed by atoms with E-state index in [-0.39, 0.29) is 5.82 Å². The third-order valence-corrected chi connectivity index (χ3v) is 2.82. The molecule has 1 aromatic rings. The molecule has 14 heavy (non-hydrogen) atoms. The molecule has 2 atom stereocenters. The van der Waals surface area contributed by atoms with Crippen LogP contribution in [0.5, 0.6) is 0 Å². The first-order chi connectivity index (χ1) is 6.65. The highest BCUT2D eigenvalue weighted by Crippen LogP contribution is 2.29. The molecule has 1 aliphatic rings. The van der Waals surface area contributed by atoms with E-state index in [4.69, 9.17) is 11.6 Å². The topological polar surface area (TPSA) is 12.0 Å². The van der Waals surface area contributed by atoms with Gasteiger partial charge in [0.15, 0.2) is 0 Å². The Balaban J connectivity index is 1.95. The van der Waals surface area contributed by atoms with Gasteiger partial charge in [-0.3, -0.25) is 0 Å². The zero-order valence-electron chi connectivity index (χ0n) is 8.06. The van der Waals surface area contributed by atoms with Gasteiger partial charge in [-0.1, -0.05) is 18.5 Å². The average Bonchev–Trinajstić information content (AvgIpc) is 2.77. The van der Waals surface area contributed by atoms with Crippen LogP contribution in [0, 0.1) is 11.7 Å². The number of rotatable bonds is 3. The Morgan fingerprint density at radius 3 is 2.79 bits per heavy atom. The molecule has 76 valence electrons. The van der Waals surface area contributed by atoms with Gasteiger partial charge in [0.25, 0.3) is 0 Å². The standard InChI is InChI=1S/C11H13ClFN/c1-7-2-11(7)14-6-8-3-9(12)5-10(13)4-8/h3-5,7,11,14H,2,6H2,1H3. The minimum atomic E-state index is -0.266. The van der Waals surface area contributed by atoms with Crippen LogP contribution >= 0.6 is 11.6 Å². The van der Waals surface area contributed by atoms with Crippen molar-refractivity contribution in [3.05, 3.63) is 34.6 Å². The molecule has 1 aromatic carbocycles. The highest BCUT2D eigenvalue weighted by atomic mass is 35.5. The summed E-state index contributed by atoms with van der Waals surface area (Å²) in [6.45, 7) is 2.91. The summed E-state index contributed by atoms with van der Waals surface area (Å²) in [6, 6.07) is 5.25. The van der Waals surface area contributed by atoms with E-state index < -0.39 is 0 Å². The summed E-state index contributed by atoms with van der Waals surface area (Å²) in [5.74, 6) is 0.497. The Morgan fingerprint density at radius 1 is 1.50 bits per heavy atom. The van der Waals surface area contributed by atoms with Crippen molar-refractivity contribution in [1.82, 2.24) is 5.32 Å². The highest BCUT2D eigenvalue weighted by molar-refractivity contribution is 6.30. The number of hydrogen-bond acceptors (Lipinski definition) is 1. The summed E-state index contributed by atoms with van der Waals surface area (Å²) in [7, 11) is 0. The summed E-state index contributed by atoms with van der Waals surface area (Å²) in [5.41, 5.74) is 0.911. The lowest BCUT2D eigenvalue weighted by Gasteiger charge is -2.04. The minimum absolute atomic E-state index is 0.266. The maximum atomic E-state index is 12.9. The Labute approximate surface area is 88.3 Å². The van der Waals surface area contributed by atoms with Crippen molar-refractivity contribution in [2.75, 3.05) is 0 Å². The van der Waals surface area contributed by atoms with Gasteiger partial charge in [-0.05, 0) is 36.1 Å². The first-order valence-corrected chi connectivity index (χ1v) is 5.21. The van der Waals surface area contributed by atoms with E-state index in [1.165, 1.54) is 18.6 Å². The van der Waals surface area contributed by atoms with Gasteiger partial charge in [0.2, 0.25) is 0 Å². The zero-order chi connectivity index (χ0) is 10.1. The van der Waals surface area contributed by atoms with E-state index in [1.54, 1.807) is 6.07 Å². The van der Waals surface area contributed by atoms with Gasteiger partial charge in [-0.2, -0.15) is 0 Å². The van der Waals surface area contributed by atoms with Gasteiger partial charge in [0.1, 0.15) is 5.82 Å². The minimum Gasteiger partial charge on any atom is -0.310 e. The number of hydrogen-bond donors (Lipinski definition) is 1. The van der Waals surface area contributed by atoms with Crippen LogP contribution in [0.15, 0.2) is 18.2 Å². The molecule has 3 heteroatoms.